The number of likely N-dealkylation sites (N-methyl/N-ethyl adjacent to an activating group) is 1. The summed E-state index contributed by atoms with van der Waals surface area (Å²) in [5.74, 6) is -1.40. The van der Waals surface area contributed by atoms with E-state index in [0.717, 1.165) is 16.8 Å². The van der Waals surface area contributed by atoms with E-state index in [9.17, 15) is 13.6 Å². The zero-order valence-electron chi connectivity index (χ0n) is 11.6. The monoisotopic (exact) mass is 294 g/mol. The molecule has 0 amide bonds. The molecule has 2 rings (SSSR count). The topological polar surface area (TPSA) is 64.2 Å². The molecule has 0 saturated heterocycles. The Balaban J connectivity index is 2.28. The Hall–Kier alpha value is -2.28. The van der Waals surface area contributed by atoms with Gasteiger partial charge >= 0.3 is 0 Å². The largest absolute Gasteiger partial charge is 0.372 e. The quantitative estimate of drug-likeness (QED) is 0.892. The van der Waals surface area contributed by atoms with Gasteiger partial charge in [-0.1, -0.05) is 6.07 Å². The van der Waals surface area contributed by atoms with E-state index in [2.05, 4.69) is 5.10 Å². The molecule has 0 saturated carbocycles. The summed E-state index contributed by atoms with van der Waals surface area (Å²) in [6, 6.07) is 4.93. The van der Waals surface area contributed by atoms with Gasteiger partial charge in [0.25, 0.3) is 5.56 Å². The van der Waals surface area contributed by atoms with Crippen molar-refractivity contribution in [3.8, 4) is 0 Å². The van der Waals surface area contributed by atoms with Crippen molar-refractivity contribution < 1.29 is 8.78 Å². The van der Waals surface area contributed by atoms with E-state index in [0.29, 0.717) is 18.8 Å². The molecular weight excluding hydrogens is 278 g/mol. The predicted molar refractivity (Wildman–Crippen MR) is 76.3 cm³/mol. The van der Waals surface area contributed by atoms with Crippen LogP contribution in [0.4, 0.5) is 14.5 Å². The summed E-state index contributed by atoms with van der Waals surface area (Å²) >= 11 is 0. The van der Waals surface area contributed by atoms with Crippen molar-refractivity contribution in [3.05, 3.63) is 58.0 Å². The van der Waals surface area contributed by atoms with Crippen molar-refractivity contribution in [1.82, 2.24) is 9.78 Å². The van der Waals surface area contributed by atoms with Gasteiger partial charge in [0.05, 0.1) is 18.4 Å². The lowest BCUT2D eigenvalue weighted by atomic mass is 10.2. The normalized spacial score (nSPS) is 10.7. The number of benzene rings is 1. The number of aromatic nitrogens is 2. The lowest BCUT2D eigenvalue weighted by Gasteiger charge is -2.17. The molecule has 0 unspecified atom stereocenters. The van der Waals surface area contributed by atoms with Crippen molar-refractivity contribution in [1.29, 1.82) is 0 Å². The Bertz CT molecular complexity index is 667. The van der Waals surface area contributed by atoms with E-state index in [1.165, 1.54) is 18.3 Å². The number of hydrogen-bond donors (Lipinski definition) is 1. The fraction of sp³-hybridized carbons (Fsp3) is 0.286. The number of rotatable bonds is 5. The first-order valence-electron chi connectivity index (χ1n) is 6.44. The molecular formula is C14H16F2N4O. The van der Waals surface area contributed by atoms with Crippen molar-refractivity contribution in [2.24, 2.45) is 5.73 Å². The maximum atomic E-state index is 13.6. The Kier molecular flexibility index (Phi) is 4.64. The summed E-state index contributed by atoms with van der Waals surface area (Å²) in [4.78, 5) is 13.8. The van der Waals surface area contributed by atoms with Crippen LogP contribution in [-0.4, -0.2) is 29.9 Å². The van der Waals surface area contributed by atoms with E-state index in [4.69, 9.17) is 5.73 Å². The molecule has 7 heteroatoms. The van der Waals surface area contributed by atoms with Gasteiger partial charge in [-0.15, -0.1) is 0 Å². The minimum atomic E-state index is -0.701. The number of hydrogen-bond acceptors (Lipinski definition) is 4. The third kappa shape index (κ3) is 3.43. The second kappa shape index (κ2) is 6.45. The van der Waals surface area contributed by atoms with Gasteiger partial charge in [-0.25, -0.2) is 13.5 Å². The minimum Gasteiger partial charge on any atom is -0.372 e. The first kappa shape index (κ1) is 15.1. The highest BCUT2D eigenvalue weighted by Crippen LogP contribution is 2.13. The third-order valence-electron chi connectivity index (χ3n) is 3.13. The van der Waals surface area contributed by atoms with Crippen molar-refractivity contribution in [2.75, 3.05) is 25.0 Å². The lowest BCUT2D eigenvalue weighted by Crippen LogP contribution is -2.29. The zero-order valence-corrected chi connectivity index (χ0v) is 11.6. The molecule has 0 fully saturated rings. The number of nitrogens with two attached hydrogens (primary N) is 1. The van der Waals surface area contributed by atoms with E-state index in [1.807, 2.05) is 0 Å². The van der Waals surface area contributed by atoms with Crippen molar-refractivity contribution in [2.45, 2.75) is 6.54 Å². The number of halogens is 2. The molecule has 1 aromatic heterocycles. The van der Waals surface area contributed by atoms with Gasteiger partial charge in [0.15, 0.2) is 0 Å². The summed E-state index contributed by atoms with van der Waals surface area (Å²) < 4.78 is 28.2. The SMILES string of the molecule is CN(CCN)c1cnn(Cc2c(F)cccc2F)c(=O)c1. The Morgan fingerprint density at radius 3 is 2.57 bits per heavy atom. The van der Waals surface area contributed by atoms with Crippen molar-refractivity contribution >= 4 is 5.69 Å². The Morgan fingerprint density at radius 2 is 2.00 bits per heavy atom. The number of anilines is 1. The van der Waals surface area contributed by atoms with E-state index >= 15 is 0 Å². The maximum absolute atomic E-state index is 13.6. The first-order chi connectivity index (χ1) is 10.0. The molecule has 1 aromatic carbocycles. The molecule has 0 bridgehead atoms. The predicted octanol–water partition coefficient (Wildman–Crippen LogP) is 0.965. The van der Waals surface area contributed by atoms with Crippen molar-refractivity contribution in [3.63, 3.8) is 0 Å². The Labute approximate surface area is 120 Å². The van der Waals surface area contributed by atoms with Crippen LogP contribution in [0.2, 0.25) is 0 Å². The standard InChI is InChI=1S/C14H16F2N4O/c1-19(6-5-17)10-7-14(21)20(18-8-10)9-11-12(15)3-2-4-13(11)16/h2-4,7-8H,5-6,9,17H2,1H3. The van der Waals surface area contributed by atoms with Gasteiger partial charge in [-0.05, 0) is 12.1 Å². The molecule has 0 atom stereocenters. The van der Waals surface area contributed by atoms with Crippen LogP contribution in [0.15, 0.2) is 35.3 Å². The first-order valence-corrected chi connectivity index (χ1v) is 6.44. The highest BCUT2D eigenvalue weighted by Gasteiger charge is 2.11. The highest BCUT2D eigenvalue weighted by molar-refractivity contribution is 5.41. The second-order valence-electron chi connectivity index (χ2n) is 4.62. The summed E-state index contributed by atoms with van der Waals surface area (Å²) in [6.07, 6.45) is 1.47. The van der Waals surface area contributed by atoms with Crippen LogP contribution in [0.25, 0.3) is 0 Å². The zero-order chi connectivity index (χ0) is 15.4. The minimum absolute atomic E-state index is 0.185. The smallest absolute Gasteiger partial charge is 0.269 e. The lowest BCUT2D eigenvalue weighted by molar-refractivity contribution is 0.524. The van der Waals surface area contributed by atoms with Gasteiger partial charge < -0.3 is 10.6 Å². The molecule has 2 aromatic rings. The van der Waals surface area contributed by atoms with Gasteiger partial charge in [-0.3, -0.25) is 4.79 Å². The van der Waals surface area contributed by atoms with Crippen LogP contribution in [-0.2, 0) is 6.54 Å². The molecule has 0 aliphatic heterocycles. The van der Waals surface area contributed by atoms with Crippen LogP contribution in [0, 0.1) is 11.6 Å². The fourth-order valence-corrected chi connectivity index (χ4v) is 1.91. The fourth-order valence-electron chi connectivity index (χ4n) is 1.91. The molecule has 5 nitrogen and oxygen atoms in total. The molecule has 21 heavy (non-hydrogen) atoms. The molecule has 1 heterocycles. The summed E-state index contributed by atoms with van der Waals surface area (Å²) in [5.41, 5.74) is 5.43. The average molecular weight is 294 g/mol. The van der Waals surface area contributed by atoms with Gasteiger partial charge in [-0.2, -0.15) is 5.10 Å². The second-order valence-corrected chi connectivity index (χ2v) is 4.62. The van der Waals surface area contributed by atoms with Gasteiger partial charge in [0.2, 0.25) is 0 Å². The molecule has 2 N–H and O–H groups in total. The molecule has 0 aliphatic carbocycles. The Morgan fingerprint density at radius 1 is 1.33 bits per heavy atom. The van der Waals surface area contributed by atoms with Crippen LogP contribution >= 0.6 is 0 Å². The van der Waals surface area contributed by atoms with E-state index < -0.39 is 17.2 Å². The molecule has 0 radical (unpaired) electrons. The third-order valence-corrected chi connectivity index (χ3v) is 3.13. The molecule has 0 spiro atoms. The average Bonchev–Trinajstić information content (AvgIpc) is 2.44. The van der Waals surface area contributed by atoms with Crippen LogP contribution in [0.1, 0.15) is 5.56 Å². The van der Waals surface area contributed by atoms with E-state index in [1.54, 1.807) is 11.9 Å². The maximum Gasteiger partial charge on any atom is 0.269 e. The van der Waals surface area contributed by atoms with Gasteiger partial charge in [0.1, 0.15) is 11.6 Å². The van der Waals surface area contributed by atoms with Crippen LogP contribution < -0.4 is 16.2 Å². The van der Waals surface area contributed by atoms with E-state index in [-0.39, 0.29) is 12.1 Å². The molecule has 112 valence electrons. The highest BCUT2D eigenvalue weighted by atomic mass is 19.1. The summed E-state index contributed by atoms with van der Waals surface area (Å²) in [6.45, 7) is 0.769. The van der Waals surface area contributed by atoms with Crippen LogP contribution in [0.5, 0.6) is 0 Å². The number of nitrogens with zero attached hydrogens (tertiary/aromatic N) is 3. The summed E-state index contributed by atoms with van der Waals surface area (Å²) in [5, 5.41) is 3.95. The summed E-state index contributed by atoms with van der Waals surface area (Å²) in [7, 11) is 1.78. The van der Waals surface area contributed by atoms with Crippen LogP contribution in [0.3, 0.4) is 0 Å². The van der Waals surface area contributed by atoms with Gasteiger partial charge in [0, 0.05) is 31.8 Å². The molecule has 0 aliphatic rings.